The lowest BCUT2D eigenvalue weighted by Crippen LogP contribution is -2.21. The van der Waals surface area contributed by atoms with E-state index in [4.69, 9.17) is 16.3 Å². The zero-order chi connectivity index (χ0) is 20.7. The molecule has 0 saturated carbocycles. The molecule has 0 fully saturated rings. The van der Waals surface area contributed by atoms with E-state index in [-0.39, 0.29) is 5.69 Å². The van der Waals surface area contributed by atoms with Gasteiger partial charge < -0.3 is 14.2 Å². The van der Waals surface area contributed by atoms with Gasteiger partial charge in [-0.25, -0.2) is 4.98 Å². The van der Waals surface area contributed by atoms with Gasteiger partial charge in [0.1, 0.15) is 17.7 Å². The topological polar surface area (TPSA) is 81.0 Å². The third kappa shape index (κ3) is 3.96. The molecule has 0 spiro atoms. The lowest BCUT2D eigenvalue weighted by Gasteiger charge is -2.14. The Morgan fingerprint density at radius 1 is 1.07 bits per heavy atom. The van der Waals surface area contributed by atoms with Crippen molar-refractivity contribution in [1.29, 1.82) is 0 Å². The summed E-state index contributed by atoms with van der Waals surface area (Å²) >= 11 is 5.45. The first-order valence-corrected chi connectivity index (χ1v) is 7.51. The van der Waals surface area contributed by atoms with Gasteiger partial charge >= 0.3 is 12.4 Å². The van der Waals surface area contributed by atoms with Crippen LogP contribution in [0.4, 0.5) is 26.3 Å². The Bertz CT molecular complexity index is 1060. The van der Waals surface area contributed by atoms with Crippen LogP contribution < -0.4 is 10.3 Å². The van der Waals surface area contributed by atoms with Gasteiger partial charge in [0, 0.05) is 6.07 Å². The van der Waals surface area contributed by atoms with Gasteiger partial charge in [-0.05, 0) is 18.2 Å². The van der Waals surface area contributed by atoms with E-state index in [0.29, 0.717) is 6.07 Å². The molecule has 0 radical (unpaired) electrons. The first-order valence-electron chi connectivity index (χ1n) is 7.13. The molecule has 0 aliphatic carbocycles. The molecule has 3 rings (SSSR count). The first kappa shape index (κ1) is 19.7. The quantitative estimate of drug-likeness (QED) is 0.603. The molecule has 148 valence electrons. The molecule has 0 aliphatic rings. The predicted octanol–water partition coefficient (Wildman–Crippen LogP) is 4.91. The van der Waals surface area contributed by atoms with E-state index in [1.54, 1.807) is 0 Å². The lowest BCUT2D eigenvalue weighted by atomic mass is 10.2. The van der Waals surface area contributed by atoms with Crippen LogP contribution in [0.3, 0.4) is 0 Å². The summed E-state index contributed by atoms with van der Waals surface area (Å²) in [6.45, 7) is 0. The highest BCUT2D eigenvalue weighted by atomic mass is 35.5. The summed E-state index contributed by atoms with van der Waals surface area (Å²) in [7, 11) is 0. The van der Waals surface area contributed by atoms with E-state index >= 15 is 0 Å². The number of hydrogen-bond donors (Lipinski definition) is 1. The minimum Gasteiger partial charge on any atom is -0.449 e. The molecule has 0 aliphatic heterocycles. The molecule has 0 amide bonds. The standard InChI is InChI=1S/C15H6ClF6N3O3/c16-8-2-1-6(5-7(8)14(17,18)19)28-10-11(15(20,21)22)23-12(24-13(10)26)9-3-4-27-25-9/h1-5H,(H,23,24,26). The number of ether oxygens (including phenoxy) is 1. The Morgan fingerprint density at radius 2 is 1.79 bits per heavy atom. The van der Waals surface area contributed by atoms with Crippen LogP contribution in [0.2, 0.25) is 5.02 Å². The van der Waals surface area contributed by atoms with Crippen LogP contribution >= 0.6 is 11.6 Å². The van der Waals surface area contributed by atoms with Gasteiger partial charge in [0.15, 0.2) is 11.5 Å². The molecular formula is C15H6ClF6N3O3. The molecule has 2 aromatic heterocycles. The van der Waals surface area contributed by atoms with Crippen molar-refractivity contribution >= 4 is 11.6 Å². The van der Waals surface area contributed by atoms with E-state index in [1.165, 1.54) is 0 Å². The second kappa shape index (κ2) is 6.86. The minimum absolute atomic E-state index is 0.194. The van der Waals surface area contributed by atoms with Gasteiger partial charge in [0.25, 0.3) is 5.56 Å². The average molecular weight is 426 g/mol. The molecule has 0 bridgehead atoms. The van der Waals surface area contributed by atoms with Crippen molar-refractivity contribution in [2.45, 2.75) is 12.4 Å². The average Bonchev–Trinajstić information content (AvgIpc) is 3.10. The van der Waals surface area contributed by atoms with Crippen molar-refractivity contribution < 1.29 is 35.6 Å². The number of rotatable bonds is 3. The summed E-state index contributed by atoms with van der Waals surface area (Å²) in [6, 6.07) is 3.17. The fraction of sp³-hybridized carbons (Fsp3) is 0.133. The van der Waals surface area contributed by atoms with Crippen LogP contribution in [0.1, 0.15) is 11.3 Å². The summed E-state index contributed by atoms with van der Waals surface area (Å²) < 4.78 is 88.0. The second-order valence-corrected chi connectivity index (χ2v) is 5.62. The highest BCUT2D eigenvalue weighted by molar-refractivity contribution is 6.31. The molecule has 0 atom stereocenters. The van der Waals surface area contributed by atoms with Crippen molar-refractivity contribution in [3.63, 3.8) is 0 Å². The number of halogens is 7. The number of nitrogens with zero attached hydrogens (tertiary/aromatic N) is 2. The molecule has 1 aromatic carbocycles. The maximum Gasteiger partial charge on any atom is 0.437 e. The van der Waals surface area contributed by atoms with Gasteiger partial charge in [-0.3, -0.25) is 4.79 Å². The monoisotopic (exact) mass is 425 g/mol. The Labute approximate surface area is 155 Å². The van der Waals surface area contributed by atoms with Crippen LogP contribution in [0.5, 0.6) is 11.5 Å². The normalized spacial score (nSPS) is 12.2. The SMILES string of the molecule is O=c1[nH]c(-c2ccon2)nc(C(F)(F)F)c1Oc1ccc(Cl)c(C(F)(F)F)c1. The molecule has 2 heterocycles. The second-order valence-electron chi connectivity index (χ2n) is 5.22. The van der Waals surface area contributed by atoms with E-state index < -0.39 is 51.5 Å². The fourth-order valence-electron chi connectivity index (χ4n) is 2.11. The smallest absolute Gasteiger partial charge is 0.437 e. The third-order valence-corrected chi connectivity index (χ3v) is 3.62. The largest absolute Gasteiger partial charge is 0.449 e. The Balaban J connectivity index is 2.11. The molecular weight excluding hydrogens is 420 g/mol. The van der Waals surface area contributed by atoms with Gasteiger partial charge in [-0.2, -0.15) is 26.3 Å². The van der Waals surface area contributed by atoms with Crippen molar-refractivity contribution in [3.05, 3.63) is 57.2 Å². The Kier molecular flexibility index (Phi) is 4.83. The summed E-state index contributed by atoms with van der Waals surface area (Å²) in [5.74, 6) is -2.59. The van der Waals surface area contributed by atoms with Crippen LogP contribution in [0, 0.1) is 0 Å². The van der Waals surface area contributed by atoms with E-state index in [9.17, 15) is 31.1 Å². The molecule has 6 nitrogen and oxygen atoms in total. The van der Waals surface area contributed by atoms with Crippen LogP contribution in [0.25, 0.3) is 11.5 Å². The number of aromatic nitrogens is 3. The maximum absolute atomic E-state index is 13.3. The van der Waals surface area contributed by atoms with Crippen LogP contribution in [-0.2, 0) is 12.4 Å². The number of alkyl halides is 6. The molecule has 3 aromatic rings. The van der Waals surface area contributed by atoms with Crippen molar-refractivity contribution in [3.8, 4) is 23.0 Å². The molecule has 28 heavy (non-hydrogen) atoms. The van der Waals surface area contributed by atoms with E-state index in [1.807, 2.05) is 4.98 Å². The van der Waals surface area contributed by atoms with Crippen molar-refractivity contribution in [2.75, 3.05) is 0 Å². The number of benzene rings is 1. The summed E-state index contributed by atoms with van der Waals surface area (Å²) in [4.78, 5) is 17.4. The summed E-state index contributed by atoms with van der Waals surface area (Å²) in [6.07, 6.45) is -8.99. The van der Waals surface area contributed by atoms with E-state index in [0.717, 1.165) is 24.5 Å². The first-order chi connectivity index (χ1) is 13.0. The Hall–Kier alpha value is -3.02. The molecule has 0 unspecified atom stereocenters. The lowest BCUT2D eigenvalue weighted by molar-refractivity contribution is -0.142. The molecule has 1 N–H and O–H groups in total. The zero-order valence-corrected chi connectivity index (χ0v) is 13.9. The summed E-state index contributed by atoms with van der Waals surface area (Å²) in [5, 5.41) is 2.67. The van der Waals surface area contributed by atoms with Crippen molar-refractivity contribution in [2.24, 2.45) is 0 Å². The van der Waals surface area contributed by atoms with E-state index in [2.05, 4.69) is 14.7 Å². The highest BCUT2D eigenvalue weighted by Crippen LogP contribution is 2.39. The summed E-state index contributed by atoms with van der Waals surface area (Å²) in [5.41, 5.74) is -4.68. The van der Waals surface area contributed by atoms with Gasteiger partial charge in [-0.15, -0.1) is 0 Å². The number of nitrogens with one attached hydrogen (secondary N) is 1. The Morgan fingerprint density at radius 3 is 2.36 bits per heavy atom. The van der Waals surface area contributed by atoms with Crippen LogP contribution in [-0.4, -0.2) is 15.1 Å². The molecule has 0 saturated heterocycles. The van der Waals surface area contributed by atoms with Crippen LogP contribution in [0.15, 0.2) is 39.8 Å². The number of hydrogen-bond acceptors (Lipinski definition) is 5. The highest BCUT2D eigenvalue weighted by Gasteiger charge is 2.40. The van der Waals surface area contributed by atoms with Gasteiger partial charge in [0.2, 0.25) is 5.75 Å². The number of aromatic amines is 1. The number of H-pyrrole nitrogens is 1. The van der Waals surface area contributed by atoms with Gasteiger partial charge in [-0.1, -0.05) is 16.8 Å². The maximum atomic E-state index is 13.3. The van der Waals surface area contributed by atoms with Gasteiger partial charge in [0.05, 0.1) is 10.6 Å². The molecule has 13 heteroatoms. The third-order valence-electron chi connectivity index (χ3n) is 3.29. The predicted molar refractivity (Wildman–Crippen MR) is 81.9 cm³/mol. The van der Waals surface area contributed by atoms with Crippen molar-refractivity contribution in [1.82, 2.24) is 15.1 Å². The fourth-order valence-corrected chi connectivity index (χ4v) is 2.33. The minimum atomic E-state index is -5.15. The zero-order valence-electron chi connectivity index (χ0n) is 13.2.